The fourth-order valence-corrected chi connectivity index (χ4v) is 1.67. The minimum Gasteiger partial charge on any atom is -0.405 e. The molecule has 1 aliphatic heterocycles. The van der Waals surface area contributed by atoms with Gasteiger partial charge < -0.3 is 4.52 Å². The van der Waals surface area contributed by atoms with Gasteiger partial charge in [0.1, 0.15) is 0 Å². The lowest BCUT2D eigenvalue weighted by Gasteiger charge is -2.03. The topological polar surface area (TPSA) is 43.4 Å². The molecular weight excluding hydrogens is 139 g/mol. The smallest absolute Gasteiger partial charge is 0.336 e. The second-order valence-corrected chi connectivity index (χ2v) is 4.33. The Hall–Kier alpha value is -0.560. The van der Waals surface area contributed by atoms with E-state index in [0.717, 1.165) is 0 Å². The predicted octanol–water partition coefficient (Wildman–Crippen LogP) is 1.35. The van der Waals surface area contributed by atoms with Crippen molar-refractivity contribution in [1.82, 2.24) is 0 Å². The molecule has 0 amide bonds. The summed E-state index contributed by atoms with van der Waals surface area (Å²) in [6.07, 6.45) is 1.61. The van der Waals surface area contributed by atoms with Gasteiger partial charge >= 0.3 is 5.97 Å². The maximum absolute atomic E-state index is 11.1. The number of hydrogen-bond donors (Lipinski definition) is 0. The van der Waals surface area contributed by atoms with E-state index in [1.54, 1.807) is 6.92 Å². The zero-order chi connectivity index (χ0) is 6.91. The summed E-state index contributed by atoms with van der Waals surface area (Å²) in [6.45, 7) is 1.73. The molecule has 1 aliphatic rings. The van der Waals surface area contributed by atoms with E-state index in [1.807, 2.05) is 0 Å². The van der Waals surface area contributed by atoms with Crippen molar-refractivity contribution in [3.05, 3.63) is 11.9 Å². The average Bonchev–Trinajstić information content (AvgIpc) is 2.13. The van der Waals surface area contributed by atoms with Gasteiger partial charge in [0.2, 0.25) is 0 Å². The van der Waals surface area contributed by atoms with Crippen molar-refractivity contribution in [3.8, 4) is 0 Å². The molecule has 0 N–H and O–H groups in total. The lowest BCUT2D eigenvalue weighted by molar-refractivity contribution is -0.128. The summed E-state index contributed by atoms with van der Waals surface area (Å²) in [4.78, 5) is 10.3. The van der Waals surface area contributed by atoms with Crippen LogP contribution in [-0.2, 0) is 13.9 Å². The summed E-state index contributed by atoms with van der Waals surface area (Å²) in [7, 11) is -2.64. The van der Waals surface area contributed by atoms with Crippen LogP contribution < -0.4 is 0 Å². The van der Waals surface area contributed by atoms with Gasteiger partial charge in [0, 0.05) is 18.1 Å². The first-order chi connectivity index (χ1) is 4.16. The quantitative estimate of drug-likeness (QED) is 0.524. The molecule has 0 radical (unpaired) electrons. The minimum absolute atomic E-state index is 0.398. The van der Waals surface area contributed by atoms with Gasteiger partial charge in [-0.25, -0.2) is 4.79 Å². The maximum Gasteiger partial charge on any atom is 0.336 e. The summed E-state index contributed by atoms with van der Waals surface area (Å²) in [6, 6.07) is 0. The van der Waals surface area contributed by atoms with Crippen LogP contribution in [-0.4, -0.2) is 12.1 Å². The molecule has 0 fully saturated rings. The molecule has 4 heteroatoms. The van der Waals surface area contributed by atoms with Gasteiger partial charge in [0.05, 0.1) is 0 Å². The highest BCUT2D eigenvalue weighted by Gasteiger charge is 2.25. The van der Waals surface area contributed by atoms with Gasteiger partial charge in [-0.05, 0) is 0 Å². The summed E-state index contributed by atoms with van der Waals surface area (Å²) in [5.74, 6) is 0.871. The summed E-state index contributed by atoms with van der Waals surface area (Å²) >= 11 is 0. The maximum atomic E-state index is 11.1. The highest BCUT2D eigenvalue weighted by molar-refractivity contribution is 7.63. The third-order valence-corrected chi connectivity index (χ3v) is 3.10. The zero-order valence-electron chi connectivity index (χ0n) is 5.03. The van der Waals surface area contributed by atoms with Crippen LogP contribution in [0.1, 0.15) is 6.92 Å². The second kappa shape index (κ2) is 1.99. The Morgan fingerprint density at radius 3 is 2.67 bits per heavy atom. The van der Waals surface area contributed by atoms with Crippen molar-refractivity contribution in [2.75, 3.05) is 6.16 Å². The normalized spacial score (nSPS) is 32.8. The largest absolute Gasteiger partial charge is 0.405 e. The van der Waals surface area contributed by atoms with E-state index in [9.17, 15) is 9.36 Å². The molecule has 1 rings (SSSR count). The Kier molecular flexibility index (Phi) is 1.45. The van der Waals surface area contributed by atoms with E-state index < -0.39 is 13.3 Å². The van der Waals surface area contributed by atoms with E-state index in [0.29, 0.717) is 6.16 Å². The molecule has 50 valence electrons. The van der Waals surface area contributed by atoms with Gasteiger partial charge in [-0.1, -0.05) is 6.92 Å². The van der Waals surface area contributed by atoms with Crippen LogP contribution in [0, 0.1) is 0 Å². The molecule has 0 aromatic carbocycles. The third kappa shape index (κ3) is 1.22. The first-order valence-corrected chi connectivity index (χ1v) is 4.56. The second-order valence-electron chi connectivity index (χ2n) is 1.77. The molecule has 0 aromatic rings. The summed E-state index contributed by atoms with van der Waals surface area (Å²) < 4.78 is 15.6. The summed E-state index contributed by atoms with van der Waals surface area (Å²) in [5.41, 5.74) is 0. The molecule has 0 aliphatic carbocycles. The van der Waals surface area contributed by atoms with Gasteiger partial charge in [0.15, 0.2) is 0 Å². The molecule has 0 saturated carbocycles. The number of carbonyl (C=O) groups is 1. The first-order valence-electron chi connectivity index (χ1n) is 2.68. The van der Waals surface area contributed by atoms with Crippen LogP contribution in [0.3, 0.4) is 0 Å². The van der Waals surface area contributed by atoms with Crippen molar-refractivity contribution < 1.29 is 13.9 Å². The molecule has 1 atom stereocenters. The fraction of sp³-hybridized carbons (Fsp3) is 0.400. The lowest BCUT2D eigenvalue weighted by atomic mass is 10.7. The van der Waals surface area contributed by atoms with E-state index in [1.165, 1.54) is 11.9 Å². The van der Waals surface area contributed by atoms with Gasteiger partial charge in [-0.15, -0.1) is 0 Å². The highest BCUT2D eigenvalue weighted by Crippen LogP contribution is 2.51. The van der Waals surface area contributed by atoms with E-state index in [4.69, 9.17) is 0 Å². The van der Waals surface area contributed by atoms with Crippen LogP contribution >= 0.6 is 7.37 Å². The van der Waals surface area contributed by atoms with E-state index >= 15 is 0 Å². The van der Waals surface area contributed by atoms with Crippen LogP contribution in [0.2, 0.25) is 0 Å². The number of hydrogen-bond acceptors (Lipinski definition) is 3. The van der Waals surface area contributed by atoms with Gasteiger partial charge in [-0.3, -0.25) is 4.57 Å². The van der Waals surface area contributed by atoms with E-state index in [-0.39, 0.29) is 0 Å². The molecule has 1 unspecified atom stereocenters. The van der Waals surface area contributed by atoms with Gasteiger partial charge in [-0.2, -0.15) is 0 Å². The SMILES string of the molecule is CCP1(=O)C=CC(=O)O1. The fourth-order valence-electron chi connectivity index (χ4n) is 0.558. The molecule has 9 heavy (non-hydrogen) atoms. The first kappa shape index (κ1) is 6.56. The average molecular weight is 146 g/mol. The van der Waals surface area contributed by atoms with Gasteiger partial charge in [0.25, 0.3) is 7.37 Å². The van der Waals surface area contributed by atoms with Crippen molar-refractivity contribution in [2.45, 2.75) is 6.92 Å². The Morgan fingerprint density at radius 1 is 1.78 bits per heavy atom. The predicted molar refractivity (Wildman–Crippen MR) is 33.4 cm³/mol. The molecule has 0 saturated heterocycles. The Bertz CT molecular complexity index is 206. The molecule has 3 nitrogen and oxygen atoms in total. The van der Waals surface area contributed by atoms with Crippen LogP contribution in [0.5, 0.6) is 0 Å². The van der Waals surface area contributed by atoms with Crippen LogP contribution in [0.4, 0.5) is 0 Å². The molecular formula is C5H7O3P. The monoisotopic (exact) mass is 146 g/mol. The third-order valence-electron chi connectivity index (χ3n) is 1.12. The standard InChI is InChI=1S/C5H7O3P/c1-2-9(7)4-3-5(6)8-9/h3-4H,2H2,1H3. The minimum atomic E-state index is -2.64. The van der Waals surface area contributed by atoms with Crippen molar-refractivity contribution in [3.63, 3.8) is 0 Å². The summed E-state index contributed by atoms with van der Waals surface area (Å²) in [5, 5.41) is 0. The Labute approximate surface area is 53.2 Å². The van der Waals surface area contributed by atoms with Crippen LogP contribution in [0.15, 0.2) is 11.9 Å². The zero-order valence-corrected chi connectivity index (χ0v) is 5.93. The van der Waals surface area contributed by atoms with Crippen molar-refractivity contribution in [2.24, 2.45) is 0 Å². The van der Waals surface area contributed by atoms with Crippen molar-refractivity contribution >= 4 is 13.3 Å². The number of rotatable bonds is 1. The van der Waals surface area contributed by atoms with Crippen LogP contribution in [0.25, 0.3) is 0 Å². The molecule has 0 spiro atoms. The molecule has 1 heterocycles. The Morgan fingerprint density at radius 2 is 2.44 bits per heavy atom. The highest BCUT2D eigenvalue weighted by atomic mass is 31.2. The van der Waals surface area contributed by atoms with Crippen molar-refractivity contribution in [1.29, 1.82) is 0 Å². The molecule has 0 bridgehead atoms. The Balaban J connectivity index is 2.80. The molecule has 0 aromatic heterocycles. The number of carbonyl (C=O) groups excluding carboxylic acids is 1. The van der Waals surface area contributed by atoms with E-state index in [2.05, 4.69) is 4.52 Å². The lowest BCUT2D eigenvalue weighted by Crippen LogP contribution is -1.90.